The Morgan fingerprint density at radius 1 is 1.11 bits per heavy atom. The molecule has 0 bridgehead atoms. The van der Waals surface area contributed by atoms with Crippen molar-refractivity contribution in [2.24, 2.45) is 0 Å². The predicted octanol–water partition coefficient (Wildman–Crippen LogP) is 3.36. The summed E-state index contributed by atoms with van der Waals surface area (Å²) >= 11 is 6.14. The number of benzene rings is 2. The molecule has 1 unspecified atom stereocenters. The molecular weight excluding hydrogens is 364 g/mol. The van der Waals surface area contributed by atoms with E-state index in [9.17, 15) is 14.7 Å². The van der Waals surface area contributed by atoms with Gasteiger partial charge in [-0.3, -0.25) is 9.59 Å². The largest absolute Gasteiger partial charge is 0.480 e. The van der Waals surface area contributed by atoms with Crippen LogP contribution in [0.2, 0.25) is 5.02 Å². The maximum absolute atomic E-state index is 12.5. The first-order valence-corrected chi connectivity index (χ1v) is 9.24. The van der Waals surface area contributed by atoms with E-state index < -0.39 is 12.0 Å². The van der Waals surface area contributed by atoms with E-state index in [2.05, 4.69) is 5.32 Å². The van der Waals surface area contributed by atoms with Gasteiger partial charge in [-0.05, 0) is 30.5 Å². The van der Waals surface area contributed by atoms with Crippen LogP contribution in [0, 0.1) is 0 Å². The molecule has 2 N–H and O–H groups in total. The van der Waals surface area contributed by atoms with Crippen LogP contribution in [-0.2, 0) is 22.6 Å². The van der Waals surface area contributed by atoms with Gasteiger partial charge in [0.25, 0.3) is 0 Å². The van der Waals surface area contributed by atoms with Crippen molar-refractivity contribution in [1.82, 2.24) is 10.2 Å². The highest BCUT2D eigenvalue weighted by Gasteiger charge is 2.22. The van der Waals surface area contributed by atoms with Gasteiger partial charge in [-0.15, -0.1) is 0 Å². The van der Waals surface area contributed by atoms with E-state index in [1.54, 1.807) is 18.0 Å². The van der Waals surface area contributed by atoms with Crippen LogP contribution < -0.4 is 5.32 Å². The van der Waals surface area contributed by atoms with Crippen LogP contribution in [0.1, 0.15) is 24.5 Å². The molecule has 0 fully saturated rings. The summed E-state index contributed by atoms with van der Waals surface area (Å²) in [5.41, 5.74) is 1.81. The third-order valence-electron chi connectivity index (χ3n) is 4.34. The van der Waals surface area contributed by atoms with Gasteiger partial charge in [0.2, 0.25) is 5.91 Å². The SMILES string of the molecule is CC(CC(=O)N(C)Cc1ccccc1Cl)N[C@@H](Cc1ccccc1)C(=O)O. The number of hydrogen-bond acceptors (Lipinski definition) is 3. The Morgan fingerprint density at radius 2 is 1.74 bits per heavy atom. The van der Waals surface area contributed by atoms with Crippen LogP contribution in [0.15, 0.2) is 54.6 Å². The Hall–Kier alpha value is -2.37. The predicted molar refractivity (Wildman–Crippen MR) is 107 cm³/mol. The summed E-state index contributed by atoms with van der Waals surface area (Å²) < 4.78 is 0. The third-order valence-corrected chi connectivity index (χ3v) is 4.71. The molecule has 0 saturated carbocycles. The average molecular weight is 389 g/mol. The molecule has 5 nitrogen and oxygen atoms in total. The zero-order valence-electron chi connectivity index (χ0n) is 15.6. The topological polar surface area (TPSA) is 69.6 Å². The lowest BCUT2D eigenvalue weighted by molar-refractivity contribution is -0.140. The number of carboxylic acids is 1. The van der Waals surface area contributed by atoms with E-state index in [0.29, 0.717) is 18.0 Å². The van der Waals surface area contributed by atoms with Crippen molar-refractivity contribution in [2.45, 2.75) is 38.4 Å². The van der Waals surface area contributed by atoms with Gasteiger partial charge in [-0.25, -0.2) is 0 Å². The van der Waals surface area contributed by atoms with Gasteiger partial charge >= 0.3 is 5.97 Å². The second kappa shape index (κ2) is 10.1. The van der Waals surface area contributed by atoms with E-state index in [1.807, 2.05) is 55.5 Å². The molecule has 0 spiro atoms. The maximum Gasteiger partial charge on any atom is 0.321 e. The van der Waals surface area contributed by atoms with Crippen molar-refractivity contribution in [3.8, 4) is 0 Å². The van der Waals surface area contributed by atoms with Crippen LogP contribution in [0.3, 0.4) is 0 Å². The summed E-state index contributed by atoms with van der Waals surface area (Å²) in [5, 5.41) is 13.2. The summed E-state index contributed by atoms with van der Waals surface area (Å²) in [6, 6.07) is 15.8. The van der Waals surface area contributed by atoms with Crippen LogP contribution in [0.25, 0.3) is 0 Å². The van der Waals surface area contributed by atoms with Crippen LogP contribution in [0.5, 0.6) is 0 Å². The normalized spacial score (nSPS) is 13.0. The summed E-state index contributed by atoms with van der Waals surface area (Å²) in [7, 11) is 1.72. The Morgan fingerprint density at radius 3 is 2.37 bits per heavy atom. The van der Waals surface area contributed by atoms with Gasteiger partial charge in [0.05, 0.1) is 0 Å². The molecule has 6 heteroatoms. The molecule has 144 valence electrons. The van der Waals surface area contributed by atoms with Crippen molar-refractivity contribution < 1.29 is 14.7 Å². The van der Waals surface area contributed by atoms with E-state index in [-0.39, 0.29) is 18.4 Å². The number of amides is 1. The molecule has 1 amide bonds. The van der Waals surface area contributed by atoms with E-state index in [4.69, 9.17) is 11.6 Å². The second-order valence-corrected chi connectivity index (χ2v) is 7.10. The fourth-order valence-corrected chi connectivity index (χ4v) is 3.05. The molecular formula is C21H25ClN2O3. The highest BCUT2D eigenvalue weighted by atomic mass is 35.5. The third kappa shape index (κ3) is 6.70. The number of carbonyl (C=O) groups excluding carboxylic acids is 1. The number of nitrogens with one attached hydrogen (secondary N) is 1. The molecule has 2 atom stereocenters. The number of halogens is 1. The number of aliphatic carboxylic acids is 1. The van der Waals surface area contributed by atoms with Crippen molar-refractivity contribution in [3.63, 3.8) is 0 Å². The number of rotatable bonds is 9. The van der Waals surface area contributed by atoms with Crippen molar-refractivity contribution in [1.29, 1.82) is 0 Å². The minimum Gasteiger partial charge on any atom is -0.480 e. The lowest BCUT2D eigenvalue weighted by Crippen LogP contribution is -2.45. The summed E-state index contributed by atoms with van der Waals surface area (Å²) in [5.74, 6) is -0.999. The molecule has 0 aliphatic rings. The minimum atomic E-state index is -0.928. The highest BCUT2D eigenvalue weighted by molar-refractivity contribution is 6.31. The molecule has 2 aromatic carbocycles. The first-order valence-electron chi connectivity index (χ1n) is 8.87. The van der Waals surface area contributed by atoms with Crippen LogP contribution >= 0.6 is 11.6 Å². The maximum atomic E-state index is 12.5. The van der Waals surface area contributed by atoms with E-state index in [0.717, 1.165) is 11.1 Å². The van der Waals surface area contributed by atoms with Crippen molar-refractivity contribution >= 4 is 23.5 Å². The lowest BCUT2D eigenvalue weighted by Gasteiger charge is -2.23. The van der Waals surface area contributed by atoms with Crippen molar-refractivity contribution in [2.75, 3.05) is 7.05 Å². The van der Waals surface area contributed by atoms with E-state index in [1.165, 1.54) is 0 Å². The fraction of sp³-hybridized carbons (Fsp3) is 0.333. The van der Waals surface area contributed by atoms with Gasteiger partial charge in [0.1, 0.15) is 6.04 Å². The molecule has 27 heavy (non-hydrogen) atoms. The Labute approximate surface area is 165 Å². The number of carbonyl (C=O) groups is 2. The molecule has 0 radical (unpaired) electrons. The lowest BCUT2D eigenvalue weighted by atomic mass is 10.0. The van der Waals surface area contributed by atoms with Crippen molar-refractivity contribution in [3.05, 3.63) is 70.7 Å². The first kappa shape index (κ1) is 20.9. The van der Waals surface area contributed by atoms with Gasteiger partial charge in [-0.1, -0.05) is 60.1 Å². The Kier molecular flexibility index (Phi) is 7.82. The molecule has 0 aromatic heterocycles. The summed E-state index contributed by atoms with van der Waals surface area (Å²) in [6.45, 7) is 2.24. The zero-order valence-corrected chi connectivity index (χ0v) is 16.3. The quantitative estimate of drug-likeness (QED) is 0.691. The van der Waals surface area contributed by atoms with Crippen LogP contribution in [0.4, 0.5) is 0 Å². The van der Waals surface area contributed by atoms with E-state index >= 15 is 0 Å². The van der Waals surface area contributed by atoms with Gasteiger partial charge in [-0.2, -0.15) is 0 Å². The van der Waals surface area contributed by atoms with Crippen LogP contribution in [-0.4, -0.2) is 41.0 Å². The number of hydrogen-bond donors (Lipinski definition) is 2. The zero-order chi connectivity index (χ0) is 19.8. The standard InChI is InChI=1S/C21H25ClN2O3/c1-15(23-19(21(26)27)13-16-8-4-3-5-9-16)12-20(25)24(2)14-17-10-6-7-11-18(17)22/h3-11,15,19,23H,12-14H2,1-2H3,(H,26,27)/t15?,19-/m0/s1. The molecule has 0 saturated heterocycles. The summed E-state index contributed by atoms with van der Waals surface area (Å²) in [6.07, 6.45) is 0.573. The number of nitrogens with zero attached hydrogens (tertiary/aromatic N) is 1. The highest BCUT2D eigenvalue weighted by Crippen LogP contribution is 2.17. The average Bonchev–Trinajstić information content (AvgIpc) is 2.63. The number of carboxylic acid groups (broad SMARTS) is 1. The van der Waals surface area contributed by atoms with Gasteiger partial charge in [0, 0.05) is 31.1 Å². The molecule has 2 aromatic rings. The molecule has 0 heterocycles. The molecule has 0 aliphatic heterocycles. The summed E-state index contributed by atoms with van der Waals surface area (Å²) in [4.78, 5) is 25.6. The van der Waals surface area contributed by atoms with Gasteiger partial charge < -0.3 is 15.3 Å². The first-order chi connectivity index (χ1) is 12.9. The second-order valence-electron chi connectivity index (χ2n) is 6.69. The Balaban J connectivity index is 1.90. The monoisotopic (exact) mass is 388 g/mol. The minimum absolute atomic E-state index is 0.0706. The van der Waals surface area contributed by atoms with Gasteiger partial charge in [0.15, 0.2) is 0 Å². The fourth-order valence-electron chi connectivity index (χ4n) is 2.86. The molecule has 2 rings (SSSR count). The molecule has 0 aliphatic carbocycles. The smallest absolute Gasteiger partial charge is 0.321 e. The Bertz CT molecular complexity index is 767.